The van der Waals surface area contributed by atoms with E-state index in [1.54, 1.807) is 4.90 Å². The fourth-order valence-corrected chi connectivity index (χ4v) is 5.67. The predicted molar refractivity (Wildman–Crippen MR) is 123 cm³/mol. The Bertz CT molecular complexity index is 1290. The van der Waals surface area contributed by atoms with E-state index in [9.17, 15) is 4.79 Å². The van der Waals surface area contributed by atoms with Gasteiger partial charge in [0.05, 0.1) is 21.8 Å². The maximum Gasteiger partial charge on any atom is 0.272 e. The molecular formula is C23H15ClN2OS2. The lowest BCUT2D eigenvalue weighted by atomic mass is 10.2. The first-order valence-electron chi connectivity index (χ1n) is 9.09. The van der Waals surface area contributed by atoms with Crippen LogP contribution in [0, 0.1) is 0 Å². The Morgan fingerprint density at radius 2 is 1.55 bits per heavy atom. The molecule has 0 fully saturated rings. The number of anilines is 1. The highest BCUT2D eigenvalue weighted by atomic mass is 35.5. The molecule has 6 heteroatoms. The topological polar surface area (TPSA) is 33.2 Å². The molecule has 0 aliphatic heterocycles. The number of hydrogen-bond donors (Lipinski definition) is 0. The SMILES string of the molecule is O=C(c1sc2ccccc2c1Cl)N(Cc1ccccc1)c1nc2ccccc2s1. The van der Waals surface area contributed by atoms with Crippen LogP contribution < -0.4 is 4.90 Å². The van der Waals surface area contributed by atoms with Crippen molar-refractivity contribution in [3.05, 3.63) is 94.3 Å². The maximum absolute atomic E-state index is 13.6. The molecule has 0 radical (unpaired) electrons. The summed E-state index contributed by atoms with van der Waals surface area (Å²) in [5, 5.41) is 2.09. The van der Waals surface area contributed by atoms with Gasteiger partial charge in [0.1, 0.15) is 4.88 Å². The van der Waals surface area contributed by atoms with E-state index in [1.165, 1.54) is 22.7 Å². The third kappa shape index (κ3) is 3.42. The van der Waals surface area contributed by atoms with Gasteiger partial charge in [0, 0.05) is 10.1 Å². The maximum atomic E-state index is 13.6. The van der Waals surface area contributed by atoms with Gasteiger partial charge in [-0.05, 0) is 23.8 Å². The number of amides is 1. The quantitative estimate of drug-likeness (QED) is 0.304. The second-order valence-electron chi connectivity index (χ2n) is 6.58. The van der Waals surface area contributed by atoms with Crippen molar-refractivity contribution >= 4 is 65.6 Å². The zero-order chi connectivity index (χ0) is 19.8. The van der Waals surface area contributed by atoms with Crippen LogP contribution in [0.15, 0.2) is 78.9 Å². The summed E-state index contributed by atoms with van der Waals surface area (Å²) in [7, 11) is 0. The summed E-state index contributed by atoms with van der Waals surface area (Å²) in [6.45, 7) is 0.435. The van der Waals surface area contributed by atoms with E-state index in [0.29, 0.717) is 21.6 Å². The first-order valence-corrected chi connectivity index (χ1v) is 11.1. The van der Waals surface area contributed by atoms with Crippen molar-refractivity contribution < 1.29 is 4.79 Å². The normalized spacial score (nSPS) is 11.2. The Hall–Kier alpha value is -2.73. The van der Waals surface area contributed by atoms with Gasteiger partial charge in [0.25, 0.3) is 5.91 Å². The van der Waals surface area contributed by atoms with Crippen LogP contribution >= 0.6 is 34.3 Å². The van der Waals surface area contributed by atoms with Gasteiger partial charge in [0.15, 0.2) is 5.13 Å². The highest BCUT2D eigenvalue weighted by Gasteiger charge is 2.26. The lowest BCUT2D eigenvalue weighted by molar-refractivity contribution is 0.0989. The summed E-state index contributed by atoms with van der Waals surface area (Å²) < 4.78 is 2.06. The van der Waals surface area contributed by atoms with E-state index >= 15 is 0 Å². The molecule has 0 atom stereocenters. The molecule has 0 saturated carbocycles. The molecule has 0 N–H and O–H groups in total. The third-order valence-corrected chi connectivity index (χ3v) is 7.39. The Morgan fingerprint density at radius 3 is 2.31 bits per heavy atom. The van der Waals surface area contributed by atoms with Gasteiger partial charge in [-0.2, -0.15) is 0 Å². The summed E-state index contributed by atoms with van der Waals surface area (Å²) in [6, 6.07) is 25.7. The number of hydrogen-bond acceptors (Lipinski definition) is 4. The lowest BCUT2D eigenvalue weighted by Gasteiger charge is -2.19. The van der Waals surface area contributed by atoms with Crippen LogP contribution in [0.5, 0.6) is 0 Å². The summed E-state index contributed by atoms with van der Waals surface area (Å²) in [5.74, 6) is -0.126. The zero-order valence-electron chi connectivity index (χ0n) is 15.2. The standard InChI is InChI=1S/C23H15ClN2OS2/c24-20-16-10-4-6-12-18(16)28-21(20)22(27)26(14-15-8-2-1-3-9-15)23-25-17-11-5-7-13-19(17)29-23/h1-13H,14H2. The van der Waals surface area contributed by atoms with Crippen LogP contribution in [0.3, 0.4) is 0 Å². The van der Waals surface area contributed by atoms with Crippen LogP contribution in [0.25, 0.3) is 20.3 Å². The molecule has 0 bridgehead atoms. The molecule has 0 unspecified atom stereocenters. The fraction of sp³-hybridized carbons (Fsp3) is 0.0435. The number of halogens is 1. The van der Waals surface area contributed by atoms with Gasteiger partial charge in [0.2, 0.25) is 0 Å². The number of nitrogens with zero attached hydrogens (tertiary/aromatic N) is 2. The Morgan fingerprint density at radius 1 is 0.862 bits per heavy atom. The number of thiophene rings is 1. The van der Waals surface area contributed by atoms with Gasteiger partial charge in [-0.1, -0.05) is 83.6 Å². The summed E-state index contributed by atoms with van der Waals surface area (Å²) in [4.78, 5) is 20.6. The van der Waals surface area contributed by atoms with E-state index in [-0.39, 0.29) is 5.91 Å². The first kappa shape index (κ1) is 18.3. The number of carbonyl (C=O) groups is 1. The van der Waals surface area contributed by atoms with E-state index in [1.807, 2.05) is 78.9 Å². The second-order valence-corrected chi connectivity index (χ2v) is 9.02. The number of rotatable bonds is 4. The van der Waals surface area contributed by atoms with Crippen LogP contribution in [-0.4, -0.2) is 10.9 Å². The fourth-order valence-electron chi connectivity index (χ4n) is 3.24. The summed E-state index contributed by atoms with van der Waals surface area (Å²) in [5.41, 5.74) is 1.93. The molecule has 5 rings (SSSR count). The van der Waals surface area contributed by atoms with E-state index in [0.717, 1.165) is 25.9 Å². The molecule has 3 nitrogen and oxygen atoms in total. The van der Waals surface area contributed by atoms with Gasteiger partial charge < -0.3 is 0 Å². The smallest absolute Gasteiger partial charge is 0.272 e. The molecule has 0 aliphatic carbocycles. The number of thiazole rings is 1. The summed E-state index contributed by atoms with van der Waals surface area (Å²) in [6.07, 6.45) is 0. The number of para-hydroxylation sites is 1. The van der Waals surface area contributed by atoms with E-state index in [2.05, 4.69) is 0 Å². The molecule has 1 amide bonds. The van der Waals surface area contributed by atoms with Crippen LogP contribution in [-0.2, 0) is 6.54 Å². The van der Waals surface area contributed by atoms with E-state index < -0.39 is 0 Å². The molecule has 2 aromatic heterocycles. The monoisotopic (exact) mass is 434 g/mol. The average Bonchev–Trinajstić information content (AvgIpc) is 3.34. The van der Waals surface area contributed by atoms with Gasteiger partial charge in [-0.15, -0.1) is 11.3 Å². The number of carbonyl (C=O) groups excluding carboxylic acids is 1. The minimum absolute atomic E-state index is 0.126. The largest absolute Gasteiger partial charge is 0.279 e. The lowest BCUT2D eigenvalue weighted by Crippen LogP contribution is -2.29. The summed E-state index contributed by atoms with van der Waals surface area (Å²) >= 11 is 9.55. The molecular weight excluding hydrogens is 420 g/mol. The number of benzene rings is 3. The van der Waals surface area contributed by atoms with Crippen LogP contribution in [0.2, 0.25) is 5.02 Å². The molecule has 0 spiro atoms. The van der Waals surface area contributed by atoms with Crippen LogP contribution in [0.1, 0.15) is 15.2 Å². The van der Waals surface area contributed by atoms with Gasteiger partial charge in [-0.3, -0.25) is 9.69 Å². The highest BCUT2D eigenvalue weighted by Crippen LogP contribution is 2.38. The predicted octanol–water partition coefficient (Wildman–Crippen LogP) is 7.01. The molecule has 5 aromatic rings. The van der Waals surface area contributed by atoms with Crippen molar-refractivity contribution in [3.8, 4) is 0 Å². The molecule has 29 heavy (non-hydrogen) atoms. The average molecular weight is 435 g/mol. The molecule has 2 heterocycles. The first-order chi connectivity index (χ1) is 14.2. The van der Waals surface area contributed by atoms with Crippen molar-refractivity contribution in [1.82, 2.24) is 4.98 Å². The molecule has 0 aliphatic rings. The molecule has 3 aromatic carbocycles. The minimum atomic E-state index is -0.126. The third-order valence-electron chi connectivity index (χ3n) is 4.67. The highest BCUT2D eigenvalue weighted by molar-refractivity contribution is 7.23. The van der Waals surface area contributed by atoms with Gasteiger partial charge in [-0.25, -0.2) is 4.98 Å². The zero-order valence-corrected chi connectivity index (χ0v) is 17.6. The number of aromatic nitrogens is 1. The van der Waals surface area contributed by atoms with Crippen molar-refractivity contribution in [2.45, 2.75) is 6.54 Å². The van der Waals surface area contributed by atoms with Crippen LogP contribution in [0.4, 0.5) is 5.13 Å². The number of fused-ring (bicyclic) bond motifs is 2. The second kappa shape index (κ2) is 7.59. The Kier molecular flexibility index (Phi) is 4.79. The van der Waals surface area contributed by atoms with Crippen molar-refractivity contribution in [3.63, 3.8) is 0 Å². The van der Waals surface area contributed by atoms with Crippen molar-refractivity contribution in [2.24, 2.45) is 0 Å². The van der Waals surface area contributed by atoms with Crippen molar-refractivity contribution in [2.75, 3.05) is 4.90 Å². The molecule has 142 valence electrons. The minimum Gasteiger partial charge on any atom is -0.279 e. The van der Waals surface area contributed by atoms with Gasteiger partial charge >= 0.3 is 0 Å². The Labute approximate surface area is 180 Å². The molecule has 0 saturated heterocycles. The van der Waals surface area contributed by atoms with Crippen molar-refractivity contribution in [1.29, 1.82) is 0 Å². The van der Waals surface area contributed by atoms with E-state index in [4.69, 9.17) is 16.6 Å². The Balaban J connectivity index is 1.62.